The lowest BCUT2D eigenvalue weighted by Crippen LogP contribution is -2.42. The highest BCUT2D eigenvalue weighted by Crippen LogP contribution is 2.49. The quantitative estimate of drug-likeness (QED) is 0.634. The second-order valence-corrected chi connectivity index (χ2v) is 8.08. The SMILES string of the molecule is O=C(NO)c1ccc(CN2C(=O)C3(CCN(C4CC4)C3)c3ccccc32)cc1. The van der Waals surface area contributed by atoms with E-state index in [0.717, 1.165) is 36.3 Å². The van der Waals surface area contributed by atoms with Gasteiger partial charge in [0, 0.05) is 23.8 Å². The number of carbonyl (C=O) groups is 2. The van der Waals surface area contributed by atoms with Crippen LogP contribution in [-0.4, -0.2) is 41.1 Å². The van der Waals surface area contributed by atoms with Crippen molar-refractivity contribution in [3.05, 3.63) is 65.2 Å². The molecule has 2 aromatic rings. The van der Waals surface area contributed by atoms with Gasteiger partial charge in [-0.15, -0.1) is 0 Å². The van der Waals surface area contributed by atoms with Gasteiger partial charge in [0.2, 0.25) is 5.91 Å². The Hall–Kier alpha value is -2.70. The molecule has 1 spiro atoms. The third-order valence-electron chi connectivity index (χ3n) is 6.39. The molecule has 0 radical (unpaired) electrons. The number of hydroxylamine groups is 1. The summed E-state index contributed by atoms with van der Waals surface area (Å²) in [4.78, 5) is 29.5. The zero-order chi connectivity index (χ0) is 19.3. The second-order valence-electron chi connectivity index (χ2n) is 8.08. The number of benzene rings is 2. The molecular weight excluding hydrogens is 354 g/mol. The second kappa shape index (κ2) is 6.43. The fourth-order valence-corrected chi connectivity index (χ4v) is 4.75. The molecular formula is C22H23N3O3. The first kappa shape index (κ1) is 17.4. The van der Waals surface area contributed by atoms with E-state index in [9.17, 15) is 9.59 Å². The lowest BCUT2D eigenvalue weighted by atomic mass is 9.81. The van der Waals surface area contributed by atoms with E-state index in [1.165, 1.54) is 12.8 Å². The predicted molar refractivity (Wildman–Crippen MR) is 104 cm³/mol. The molecule has 1 unspecified atom stereocenters. The number of nitrogens with one attached hydrogen (secondary N) is 1. The summed E-state index contributed by atoms with van der Waals surface area (Å²) < 4.78 is 0. The molecule has 2 heterocycles. The van der Waals surface area contributed by atoms with Crippen molar-refractivity contribution in [2.45, 2.75) is 37.3 Å². The van der Waals surface area contributed by atoms with E-state index in [2.05, 4.69) is 11.0 Å². The van der Waals surface area contributed by atoms with Gasteiger partial charge in [-0.05, 0) is 55.1 Å². The van der Waals surface area contributed by atoms with Gasteiger partial charge in [-0.2, -0.15) is 0 Å². The maximum absolute atomic E-state index is 13.6. The molecule has 2 amide bonds. The summed E-state index contributed by atoms with van der Waals surface area (Å²) in [6.45, 7) is 2.28. The Morgan fingerprint density at radius 2 is 1.89 bits per heavy atom. The molecule has 0 aromatic heterocycles. The van der Waals surface area contributed by atoms with Gasteiger partial charge in [0.05, 0.1) is 12.0 Å². The fraction of sp³-hybridized carbons (Fsp3) is 0.364. The Balaban J connectivity index is 1.44. The first-order valence-corrected chi connectivity index (χ1v) is 9.81. The Labute approximate surface area is 163 Å². The van der Waals surface area contributed by atoms with E-state index < -0.39 is 11.3 Å². The number of amides is 2. The standard InChI is InChI=1S/C22H23N3O3/c26-20(23-28)16-7-5-15(6-8-16)13-25-19-4-2-1-3-18(19)22(21(25)27)11-12-24(14-22)17-9-10-17/h1-8,17,28H,9-14H2,(H,23,26). The van der Waals surface area contributed by atoms with Crippen LogP contribution in [0.5, 0.6) is 0 Å². The van der Waals surface area contributed by atoms with Crippen molar-refractivity contribution in [3.8, 4) is 0 Å². The molecule has 1 saturated carbocycles. The number of nitrogens with zero attached hydrogens (tertiary/aromatic N) is 2. The van der Waals surface area contributed by atoms with Gasteiger partial charge in [-0.1, -0.05) is 30.3 Å². The first-order valence-electron chi connectivity index (χ1n) is 9.81. The van der Waals surface area contributed by atoms with Gasteiger partial charge in [-0.3, -0.25) is 19.7 Å². The van der Waals surface area contributed by atoms with Gasteiger partial charge in [0.25, 0.3) is 5.91 Å². The lowest BCUT2D eigenvalue weighted by molar-refractivity contribution is -0.123. The average molecular weight is 377 g/mol. The van der Waals surface area contributed by atoms with E-state index in [-0.39, 0.29) is 5.91 Å². The Kier molecular flexibility index (Phi) is 4.00. The summed E-state index contributed by atoms with van der Waals surface area (Å²) in [5.41, 5.74) is 4.70. The van der Waals surface area contributed by atoms with Crippen molar-refractivity contribution < 1.29 is 14.8 Å². The highest BCUT2D eigenvalue weighted by atomic mass is 16.5. The minimum Gasteiger partial charge on any atom is -0.307 e. The zero-order valence-corrected chi connectivity index (χ0v) is 15.6. The van der Waals surface area contributed by atoms with Crippen molar-refractivity contribution in [1.82, 2.24) is 10.4 Å². The molecule has 6 heteroatoms. The Morgan fingerprint density at radius 3 is 2.61 bits per heavy atom. The summed E-state index contributed by atoms with van der Waals surface area (Å²) in [7, 11) is 0. The third kappa shape index (κ3) is 2.64. The Morgan fingerprint density at radius 1 is 1.14 bits per heavy atom. The maximum atomic E-state index is 13.6. The molecule has 2 aromatic carbocycles. The van der Waals surface area contributed by atoms with E-state index >= 15 is 0 Å². The molecule has 2 N–H and O–H groups in total. The van der Waals surface area contributed by atoms with Crippen molar-refractivity contribution >= 4 is 17.5 Å². The number of hydrogen-bond acceptors (Lipinski definition) is 4. The topological polar surface area (TPSA) is 72.9 Å². The average Bonchev–Trinajstić information content (AvgIpc) is 3.45. The summed E-state index contributed by atoms with van der Waals surface area (Å²) in [5, 5.41) is 8.76. The molecule has 1 aliphatic carbocycles. The molecule has 144 valence electrons. The van der Waals surface area contributed by atoms with Crippen molar-refractivity contribution in [3.63, 3.8) is 0 Å². The fourth-order valence-electron chi connectivity index (χ4n) is 4.75. The van der Waals surface area contributed by atoms with E-state index in [1.54, 1.807) is 17.6 Å². The van der Waals surface area contributed by atoms with Crippen LogP contribution in [0, 0.1) is 0 Å². The molecule has 5 rings (SSSR count). The molecule has 2 fully saturated rings. The van der Waals surface area contributed by atoms with Gasteiger partial charge in [-0.25, -0.2) is 5.48 Å². The van der Waals surface area contributed by atoms with Crippen molar-refractivity contribution in [1.29, 1.82) is 0 Å². The van der Waals surface area contributed by atoms with Crippen LogP contribution in [-0.2, 0) is 16.8 Å². The number of fused-ring (bicyclic) bond motifs is 2. The normalized spacial score (nSPS) is 24.0. The van der Waals surface area contributed by atoms with Crippen molar-refractivity contribution in [2.24, 2.45) is 0 Å². The van der Waals surface area contributed by atoms with Crippen molar-refractivity contribution in [2.75, 3.05) is 18.0 Å². The lowest BCUT2D eigenvalue weighted by Gasteiger charge is -2.25. The highest BCUT2D eigenvalue weighted by Gasteiger charge is 2.55. The molecule has 0 bridgehead atoms. The monoisotopic (exact) mass is 377 g/mol. The molecule has 3 aliphatic rings. The van der Waals surface area contributed by atoms with Crippen LogP contribution in [0.3, 0.4) is 0 Å². The minimum atomic E-state index is -0.542. The van der Waals surface area contributed by atoms with E-state index in [1.807, 2.05) is 35.2 Å². The molecule has 28 heavy (non-hydrogen) atoms. The van der Waals surface area contributed by atoms with Crippen LogP contribution < -0.4 is 10.4 Å². The highest BCUT2D eigenvalue weighted by molar-refractivity contribution is 6.08. The van der Waals surface area contributed by atoms with Gasteiger partial charge >= 0.3 is 0 Å². The van der Waals surface area contributed by atoms with Crippen LogP contribution in [0.25, 0.3) is 0 Å². The van der Waals surface area contributed by atoms with Crippen LogP contribution in [0.4, 0.5) is 5.69 Å². The predicted octanol–water partition coefficient (Wildman–Crippen LogP) is 2.46. The number of rotatable bonds is 4. The summed E-state index contributed by atoms with van der Waals surface area (Å²) in [5.74, 6) is -0.353. The molecule has 2 aliphatic heterocycles. The van der Waals surface area contributed by atoms with Crippen LogP contribution >= 0.6 is 0 Å². The van der Waals surface area contributed by atoms with Gasteiger partial charge in [0.1, 0.15) is 0 Å². The summed E-state index contributed by atoms with van der Waals surface area (Å²) in [6.07, 6.45) is 3.39. The number of hydrogen-bond donors (Lipinski definition) is 2. The zero-order valence-electron chi connectivity index (χ0n) is 15.6. The first-order chi connectivity index (χ1) is 13.6. The summed E-state index contributed by atoms with van der Waals surface area (Å²) in [6, 6.07) is 15.8. The smallest absolute Gasteiger partial charge is 0.274 e. The number of anilines is 1. The molecule has 1 saturated heterocycles. The van der Waals surface area contributed by atoms with Gasteiger partial charge in [0.15, 0.2) is 0 Å². The van der Waals surface area contributed by atoms with Crippen LogP contribution in [0.1, 0.15) is 40.7 Å². The summed E-state index contributed by atoms with van der Waals surface area (Å²) >= 11 is 0. The number of carbonyl (C=O) groups excluding carboxylic acids is 2. The maximum Gasteiger partial charge on any atom is 0.274 e. The number of likely N-dealkylation sites (tertiary alicyclic amines) is 1. The Bertz CT molecular complexity index is 938. The third-order valence-corrected chi connectivity index (χ3v) is 6.39. The van der Waals surface area contributed by atoms with E-state index in [4.69, 9.17) is 5.21 Å². The minimum absolute atomic E-state index is 0.189. The number of para-hydroxylation sites is 1. The van der Waals surface area contributed by atoms with Crippen LogP contribution in [0.2, 0.25) is 0 Å². The van der Waals surface area contributed by atoms with Crippen LogP contribution in [0.15, 0.2) is 48.5 Å². The van der Waals surface area contributed by atoms with Gasteiger partial charge < -0.3 is 4.90 Å². The molecule has 6 nitrogen and oxygen atoms in total. The van der Waals surface area contributed by atoms with E-state index in [0.29, 0.717) is 18.2 Å². The largest absolute Gasteiger partial charge is 0.307 e. The molecule has 1 atom stereocenters.